The molecule has 2 nitrogen and oxygen atoms in total. The lowest BCUT2D eigenvalue weighted by molar-refractivity contribution is 0.101. The molecule has 1 N–H and O–H groups in total. The molecular formula is C18H21NO. The number of hydrogen-bond acceptors (Lipinski definition) is 2. The van der Waals surface area contributed by atoms with Crippen LogP contribution in [-0.4, -0.2) is 12.3 Å². The fraction of sp³-hybridized carbons (Fsp3) is 0.278. The molecule has 0 amide bonds. The van der Waals surface area contributed by atoms with Gasteiger partial charge >= 0.3 is 0 Å². The molecule has 0 unspecified atom stereocenters. The second kappa shape index (κ2) is 5.91. The van der Waals surface area contributed by atoms with E-state index in [-0.39, 0.29) is 5.78 Å². The van der Waals surface area contributed by atoms with E-state index in [2.05, 4.69) is 37.4 Å². The van der Waals surface area contributed by atoms with E-state index in [4.69, 9.17) is 0 Å². The van der Waals surface area contributed by atoms with Crippen LogP contribution in [0.2, 0.25) is 0 Å². The average molecular weight is 267 g/mol. The molecular weight excluding hydrogens is 246 g/mol. The van der Waals surface area contributed by atoms with Crippen LogP contribution in [0.5, 0.6) is 0 Å². The van der Waals surface area contributed by atoms with E-state index < -0.39 is 0 Å². The van der Waals surface area contributed by atoms with Gasteiger partial charge in [-0.2, -0.15) is 0 Å². The number of carbonyl (C=O) groups excluding carboxylic acids is 1. The highest BCUT2D eigenvalue weighted by Crippen LogP contribution is 2.15. The van der Waals surface area contributed by atoms with Crippen molar-refractivity contribution in [1.29, 1.82) is 0 Å². The van der Waals surface area contributed by atoms with Crippen molar-refractivity contribution in [3.63, 3.8) is 0 Å². The van der Waals surface area contributed by atoms with Crippen molar-refractivity contribution in [2.24, 2.45) is 0 Å². The molecule has 0 aliphatic rings. The highest BCUT2D eigenvalue weighted by atomic mass is 16.1. The van der Waals surface area contributed by atoms with Gasteiger partial charge in [-0.3, -0.25) is 4.79 Å². The van der Waals surface area contributed by atoms with Crippen LogP contribution < -0.4 is 5.32 Å². The quantitative estimate of drug-likeness (QED) is 0.840. The van der Waals surface area contributed by atoms with Crippen molar-refractivity contribution in [2.75, 3.05) is 11.9 Å². The minimum absolute atomic E-state index is 0.130. The second-order valence-corrected chi connectivity index (χ2v) is 5.47. The Kier molecular flexibility index (Phi) is 4.23. The van der Waals surface area contributed by atoms with Crippen LogP contribution >= 0.6 is 0 Å². The summed E-state index contributed by atoms with van der Waals surface area (Å²) in [5.74, 6) is 0.130. The van der Waals surface area contributed by atoms with E-state index >= 15 is 0 Å². The Morgan fingerprint density at radius 2 is 1.55 bits per heavy atom. The van der Waals surface area contributed by atoms with Gasteiger partial charge in [0.25, 0.3) is 0 Å². The normalized spacial score (nSPS) is 10.4. The number of aryl methyl sites for hydroxylation is 4. The first-order chi connectivity index (χ1) is 9.45. The molecule has 0 spiro atoms. The van der Waals surface area contributed by atoms with Crippen molar-refractivity contribution >= 4 is 11.5 Å². The molecule has 0 fully saturated rings. The Morgan fingerprint density at radius 3 is 2.20 bits per heavy atom. The Balaban J connectivity index is 2.10. The molecule has 2 aromatic carbocycles. The summed E-state index contributed by atoms with van der Waals surface area (Å²) in [4.78, 5) is 12.3. The molecule has 0 saturated heterocycles. The Bertz CT molecular complexity index is 624. The Morgan fingerprint density at radius 1 is 0.900 bits per heavy atom. The van der Waals surface area contributed by atoms with Gasteiger partial charge < -0.3 is 5.32 Å². The number of ketones is 1. The van der Waals surface area contributed by atoms with Crippen LogP contribution in [0.4, 0.5) is 5.69 Å². The van der Waals surface area contributed by atoms with E-state index in [1.54, 1.807) is 0 Å². The van der Waals surface area contributed by atoms with E-state index in [1.165, 1.54) is 11.1 Å². The summed E-state index contributed by atoms with van der Waals surface area (Å²) in [7, 11) is 0. The minimum Gasteiger partial charge on any atom is -0.378 e. The largest absolute Gasteiger partial charge is 0.378 e. The Labute approximate surface area is 120 Å². The van der Waals surface area contributed by atoms with Crippen molar-refractivity contribution in [2.45, 2.75) is 27.7 Å². The predicted molar refractivity (Wildman–Crippen MR) is 84.7 cm³/mol. The van der Waals surface area contributed by atoms with Crippen LogP contribution in [0.15, 0.2) is 36.4 Å². The zero-order valence-corrected chi connectivity index (χ0v) is 12.6. The van der Waals surface area contributed by atoms with Gasteiger partial charge in [-0.1, -0.05) is 23.8 Å². The number of nitrogens with one attached hydrogen (secondary N) is 1. The van der Waals surface area contributed by atoms with Gasteiger partial charge in [-0.05, 0) is 62.6 Å². The van der Waals surface area contributed by atoms with Gasteiger partial charge in [-0.25, -0.2) is 0 Å². The number of Topliss-reactive ketones (excluding diaryl/α,β-unsaturated/α-hetero) is 1. The summed E-state index contributed by atoms with van der Waals surface area (Å²) >= 11 is 0. The summed E-state index contributed by atoms with van der Waals surface area (Å²) < 4.78 is 0. The van der Waals surface area contributed by atoms with Crippen molar-refractivity contribution in [3.8, 4) is 0 Å². The molecule has 0 heterocycles. The molecule has 20 heavy (non-hydrogen) atoms. The number of hydrogen-bond donors (Lipinski definition) is 1. The molecule has 0 radical (unpaired) electrons. The third-order valence-electron chi connectivity index (χ3n) is 3.37. The predicted octanol–water partition coefficient (Wildman–Crippen LogP) is 4.22. The zero-order chi connectivity index (χ0) is 14.7. The van der Waals surface area contributed by atoms with Crippen LogP contribution in [-0.2, 0) is 0 Å². The molecule has 2 rings (SSSR count). The first-order valence-electron chi connectivity index (χ1n) is 6.88. The third-order valence-corrected chi connectivity index (χ3v) is 3.37. The van der Waals surface area contributed by atoms with Gasteiger partial charge in [0.05, 0.1) is 6.54 Å². The Hall–Kier alpha value is -2.09. The molecule has 0 bridgehead atoms. The summed E-state index contributed by atoms with van der Waals surface area (Å²) in [6, 6.07) is 12.2. The second-order valence-electron chi connectivity index (χ2n) is 5.47. The van der Waals surface area contributed by atoms with Gasteiger partial charge in [0.1, 0.15) is 0 Å². The lowest BCUT2D eigenvalue weighted by atomic mass is 10.0. The van der Waals surface area contributed by atoms with E-state index in [1.807, 2.05) is 32.0 Å². The maximum Gasteiger partial charge on any atom is 0.182 e. The first-order valence-corrected chi connectivity index (χ1v) is 6.88. The average Bonchev–Trinajstić information content (AvgIpc) is 2.38. The first kappa shape index (κ1) is 14.3. The fourth-order valence-electron chi connectivity index (χ4n) is 2.39. The fourth-order valence-corrected chi connectivity index (χ4v) is 2.39. The maximum absolute atomic E-state index is 12.3. The van der Waals surface area contributed by atoms with Crippen LogP contribution in [0.1, 0.15) is 32.6 Å². The topological polar surface area (TPSA) is 29.1 Å². The summed E-state index contributed by atoms with van der Waals surface area (Å²) in [5, 5.41) is 3.22. The summed E-state index contributed by atoms with van der Waals surface area (Å²) in [5.41, 5.74) is 6.36. The number of carbonyl (C=O) groups is 1. The lowest BCUT2D eigenvalue weighted by Gasteiger charge is -2.10. The summed E-state index contributed by atoms with van der Waals surface area (Å²) in [6.45, 7) is 8.43. The van der Waals surface area contributed by atoms with Gasteiger partial charge in [-0.15, -0.1) is 0 Å². The maximum atomic E-state index is 12.3. The van der Waals surface area contributed by atoms with E-state index in [0.717, 1.165) is 22.4 Å². The van der Waals surface area contributed by atoms with Gasteiger partial charge in [0.15, 0.2) is 5.78 Å². The monoisotopic (exact) mass is 267 g/mol. The van der Waals surface area contributed by atoms with Crippen molar-refractivity contribution in [1.82, 2.24) is 0 Å². The molecule has 0 saturated carbocycles. The van der Waals surface area contributed by atoms with E-state index in [9.17, 15) is 4.79 Å². The zero-order valence-electron chi connectivity index (χ0n) is 12.6. The molecule has 104 valence electrons. The summed E-state index contributed by atoms with van der Waals surface area (Å²) in [6.07, 6.45) is 0. The molecule has 0 aromatic heterocycles. The highest BCUT2D eigenvalue weighted by Gasteiger charge is 2.09. The van der Waals surface area contributed by atoms with Crippen LogP contribution in [0.25, 0.3) is 0 Å². The third kappa shape index (κ3) is 3.47. The highest BCUT2D eigenvalue weighted by molar-refractivity contribution is 6.00. The van der Waals surface area contributed by atoms with E-state index in [0.29, 0.717) is 6.54 Å². The minimum atomic E-state index is 0.130. The van der Waals surface area contributed by atoms with Crippen molar-refractivity contribution in [3.05, 3.63) is 64.2 Å². The number of anilines is 1. The van der Waals surface area contributed by atoms with Gasteiger partial charge in [0, 0.05) is 11.3 Å². The smallest absolute Gasteiger partial charge is 0.182 e. The number of rotatable bonds is 4. The van der Waals surface area contributed by atoms with Crippen LogP contribution in [0.3, 0.4) is 0 Å². The van der Waals surface area contributed by atoms with Gasteiger partial charge in [0.2, 0.25) is 0 Å². The SMILES string of the molecule is Cc1cc(C)cc(NCC(=O)c2cc(C)ccc2C)c1. The molecule has 0 aliphatic heterocycles. The molecule has 2 heteroatoms. The van der Waals surface area contributed by atoms with Crippen LogP contribution in [0, 0.1) is 27.7 Å². The number of benzene rings is 2. The molecule has 2 aromatic rings. The molecule has 0 aliphatic carbocycles. The van der Waals surface area contributed by atoms with Crippen molar-refractivity contribution < 1.29 is 4.79 Å². The standard InChI is InChI=1S/C18H21NO/c1-12-5-6-15(4)17(10-12)18(20)11-19-16-8-13(2)7-14(3)9-16/h5-10,19H,11H2,1-4H3. The lowest BCUT2D eigenvalue weighted by Crippen LogP contribution is -2.15. The molecule has 0 atom stereocenters.